The molecular formula is C23H21Cl3N2O3. The minimum Gasteiger partial charge on any atom is -0.441 e. The molecule has 31 heavy (non-hydrogen) atoms. The van der Waals surface area contributed by atoms with Gasteiger partial charge >= 0.3 is 6.09 Å². The lowest BCUT2D eigenvalue weighted by Crippen LogP contribution is -2.48. The molecule has 2 saturated heterocycles. The van der Waals surface area contributed by atoms with Crippen LogP contribution in [0.25, 0.3) is 6.08 Å². The number of halogens is 3. The molecule has 8 heteroatoms. The van der Waals surface area contributed by atoms with Gasteiger partial charge in [-0.05, 0) is 41.5 Å². The average Bonchev–Trinajstić information content (AvgIpc) is 3.05. The van der Waals surface area contributed by atoms with Crippen LogP contribution in [0.15, 0.2) is 48.5 Å². The van der Waals surface area contributed by atoms with Gasteiger partial charge in [0.1, 0.15) is 5.60 Å². The number of nitrogens with zero attached hydrogens (tertiary/aromatic N) is 2. The lowest BCUT2D eigenvalue weighted by molar-refractivity contribution is -0.129. The average molecular weight is 480 g/mol. The quantitative estimate of drug-likeness (QED) is 0.531. The molecule has 0 saturated carbocycles. The summed E-state index contributed by atoms with van der Waals surface area (Å²) < 4.78 is 5.76. The lowest BCUT2D eigenvalue weighted by atomic mass is 9.91. The summed E-state index contributed by atoms with van der Waals surface area (Å²) in [4.78, 5) is 28.5. The van der Waals surface area contributed by atoms with Gasteiger partial charge in [0.2, 0.25) is 5.91 Å². The third-order valence-corrected chi connectivity index (χ3v) is 6.66. The van der Waals surface area contributed by atoms with Crippen LogP contribution in [-0.4, -0.2) is 47.0 Å². The molecule has 0 atom stereocenters. The SMILES string of the molecule is O=C(C=Cc1ccc(Cl)cc1)N1CCC2(CC1)CN(Cc1ccc(Cl)c(Cl)c1)C(=O)O2. The first kappa shape index (κ1) is 22.0. The molecule has 1 spiro atoms. The largest absolute Gasteiger partial charge is 0.441 e. The molecule has 5 nitrogen and oxygen atoms in total. The summed E-state index contributed by atoms with van der Waals surface area (Å²) in [5, 5.41) is 1.59. The van der Waals surface area contributed by atoms with Crippen molar-refractivity contribution in [2.24, 2.45) is 0 Å². The maximum absolute atomic E-state index is 12.5. The normalized spacial score (nSPS) is 18.1. The number of amides is 2. The highest BCUT2D eigenvalue weighted by Gasteiger charge is 2.47. The molecule has 0 unspecified atom stereocenters. The molecule has 4 rings (SSSR count). The van der Waals surface area contributed by atoms with E-state index in [1.165, 1.54) is 0 Å². The maximum Gasteiger partial charge on any atom is 0.410 e. The van der Waals surface area contributed by atoms with Gasteiger partial charge in [0.25, 0.3) is 0 Å². The van der Waals surface area contributed by atoms with E-state index in [0.717, 1.165) is 11.1 Å². The van der Waals surface area contributed by atoms with E-state index in [1.807, 2.05) is 18.2 Å². The Kier molecular flexibility index (Phi) is 6.47. The van der Waals surface area contributed by atoms with Crippen LogP contribution in [-0.2, 0) is 16.1 Å². The highest BCUT2D eigenvalue weighted by molar-refractivity contribution is 6.42. The van der Waals surface area contributed by atoms with Crippen molar-refractivity contribution in [3.63, 3.8) is 0 Å². The first-order valence-electron chi connectivity index (χ1n) is 9.98. The molecule has 162 valence electrons. The molecule has 0 bridgehead atoms. The van der Waals surface area contributed by atoms with E-state index in [4.69, 9.17) is 39.5 Å². The zero-order chi connectivity index (χ0) is 22.0. The minimum atomic E-state index is -0.552. The van der Waals surface area contributed by atoms with Crippen molar-refractivity contribution < 1.29 is 14.3 Å². The molecule has 0 aromatic heterocycles. The van der Waals surface area contributed by atoms with Gasteiger partial charge in [0.15, 0.2) is 0 Å². The monoisotopic (exact) mass is 478 g/mol. The fourth-order valence-electron chi connectivity index (χ4n) is 3.91. The molecule has 2 aromatic carbocycles. The number of hydrogen-bond donors (Lipinski definition) is 0. The smallest absolute Gasteiger partial charge is 0.410 e. The topological polar surface area (TPSA) is 49.9 Å². The van der Waals surface area contributed by atoms with Gasteiger partial charge < -0.3 is 9.64 Å². The Balaban J connectivity index is 1.33. The molecule has 0 aliphatic carbocycles. The van der Waals surface area contributed by atoms with E-state index in [1.54, 1.807) is 46.2 Å². The third-order valence-electron chi connectivity index (χ3n) is 5.67. The predicted molar refractivity (Wildman–Crippen MR) is 122 cm³/mol. The van der Waals surface area contributed by atoms with Crippen molar-refractivity contribution in [3.05, 3.63) is 74.7 Å². The summed E-state index contributed by atoms with van der Waals surface area (Å²) in [6.45, 7) is 1.98. The fourth-order valence-corrected chi connectivity index (χ4v) is 4.36. The summed E-state index contributed by atoms with van der Waals surface area (Å²) in [7, 11) is 0. The van der Waals surface area contributed by atoms with Gasteiger partial charge in [-0.15, -0.1) is 0 Å². The molecule has 2 aliphatic heterocycles. The standard InChI is InChI=1S/C23H21Cl3N2O3/c24-18-5-1-16(2-6-18)4-8-21(29)27-11-9-23(10-12-27)15-28(22(30)31-23)14-17-3-7-19(25)20(26)13-17/h1-8,13H,9-12,14-15H2. The Morgan fingerprint density at radius 1 is 1.03 bits per heavy atom. The van der Waals surface area contributed by atoms with Crippen LogP contribution in [0, 0.1) is 0 Å². The van der Waals surface area contributed by atoms with E-state index < -0.39 is 5.60 Å². The summed E-state index contributed by atoms with van der Waals surface area (Å²) in [6, 6.07) is 12.6. The molecule has 2 aromatic rings. The predicted octanol–water partition coefficient (Wildman–Crippen LogP) is 5.67. The summed E-state index contributed by atoms with van der Waals surface area (Å²) in [5.41, 5.74) is 1.25. The number of carbonyl (C=O) groups is 2. The van der Waals surface area contributed by atoms with Crippen LogP contribution in [0.1, 0.15) is 24.0 Å². The number of rotatable bonds is 4. The molecule has 0 radical (unpaired) electrons. The molecule has 2 aliphatic rings. The van der Waals surface area contributed by atoms with E-state index in [2.05, 4.69) is 0 Å². The number of hydrogen-bond acceptors (Lipinski definition) is 3. The van der Waals surface area contributed by atoms with Crippen molar-refractivity contribution >= 4 is 52.9 Å². The van der Waals surface area contributed by atoms with Gasteiger partial charge in [-0.2, -0.15) is 0 Å². The second kappa shape index (κ2) is 9.11. The van der Waals surface area contributed by atoms with Crippen molar-refractivity contribution in [2.75, 3.05) is 19.6 Å². The molecular weight excluding hydrogens is 459 g/mol. The Morgan fingerprint density at radius 2 is 1.74 bits per heavy atom. The highest BCUT2D eigenvalue weighted by Crippen LogP contribution is 2.34. The van der Waals surface area contributed by atoms with E-state index >= 15 is 0 Å². The first-order chi connectivity index (χ1) is 14.8. The van der Waals surface area contributed by atoms with Gasteiger partial charge in [-0.3, -0.25) is 9.69 Å². The van der Waals surface area contributed by atoms with Crippen LogP contribution < -0.4 is 0 Å². The maximum atomic E-state index is 12.5. The first-order valence-corrected chi connectivity index (χ1v) is 11.1. The van der Waals surface area contributed by atoms with Crippen molar-refractivity contribution in [1.82, 2.24) is 9.80 Å². The minimum absolute atomic E-state index is 0.0539. The van der Waals surface area contributed by atoms with Crippen LogP contribution in [0.5, 0.6) is 0 Å². The van der Waals surface area contributed by atoms with E-state index in [-0.39, 0.29) is 12.0 Å². The van der Waals surface area contributed by atoms with Crippen LogP contribution in [0.3, 0.4) is 0 Å². The van der Waals surface area contributed by atoms with Gasteiger partial charge in [0.05, 0.1) is 16.6 Å². The molecule has 0 N–H and O–H groups in total. The molecule has 2 amide bonds. The summed E-state index contributed by atoms with van der Waals surface area (Å²) >= 11 is 17.9. The second-order valence-corrected chi connectivity index (χ2v) is 9.12. The molecule has 2 heterocycles. The fraction of sp³-hybridized carbons (Fsp3) is 0.304. The van der Waals surface area contributed by atoms with E-state index in [9.17, 15) is 9.59 Å². The Labute approximate surface area is 196 Å². The number of benzene rings is 2. The van der Waals surface area contributed by atoms with Crippen LogP contribution in [0.2, 0.25) is 15.1 Å². The Hall–Kier alpha value is -2.21. The summed E-state index contributed by atoms with van der Waals surface area (Å²) in [5.74, 6) is -0.0539. The third kappa shape index (κ3) is 5.17. The highest BCUT2D eigenvalue weighted by atomic mass is 35.5. The zero-order valence-corrected chi connectivity index (χ0v) is 19.0. The van der Waals surface area contributed by atoms with Gasteiger partial charge in [0, 0.05) is 43.6 Å². The summed E-state index contributed by atoms with van der Waals surface area (Å²) in [6.07, 6.45) is 4.22. The number of ether oxygens (including phenoxy) is 1. The second-order valence-electron chi connectivity index (χ2n) is 7.87. The number of likely N-dealkylation sites (tertiary alicyclic amines) is 1. The lowest BCUT2D eigenvalue weighted by Gasteiger charge is -2.37. The van der Waals surface area contributed by atoms with Gasteiger partial charge in [-0.25, -0.2) is 4.79 Å². The van der Waals surface area contributed by atoms with Crippen molar-refractivity contribution in [1.29, 1.82) is 0 Å². The van der Waals surface area contributed by atoms with Crippen molar-refractivity contribution in [3.8, 4) is 0 Å². The zero-order valence-electron chi connectivity index (χ0n) is 16.7. The molecule has 2 fully saturated rings. The van der Waals surface area contributed by atoms with Crippen LogP contribution >= 0.6 is 34.8 Å². The Bertz CT molecular complexity index is 1020. The number of piperidine rings is 1. The van der Waals surface area contributed by atoms with Crippen molar-refractivity contribution in [2.45, 2.75) is 25.0 Å². The van der Waals surface area contributed by atoms with Gasteiger partial charge in [-0.1, -0.05) is 53.0 Å². The Morgan fingerprint density at radius 3 is 2.42 bits per heavy atom. The van der Waals surface area contributed by atoms with Crippen LogP contribution in [0.4, 0.5) is 4.79 Å². The van der Waals surface area contributed by atoms with E-state index in [0.29, 0.717) is 54.1 Å². The number of carbonyl (C=O) groups excluding carboxylic acids is 2.